The lowest BCUT2D eigenvalue weighted by molar-refractivity contribution is -0.120. The van der Waals surface area contributed by atoms with Gasteiger partial charge in [-0.2, -0.15) is 4.98 Å². The summed E-state index contributed by atoms with van der Waals surface area (Å²) in [5, 5.41) is 3.60. The van der Waals surface area contributed by atoms with Crippen LogP contribution in [0.25, 0.3) is 0 Å². The minimum absolute atomic E-state index is 0.0230. The van der Waals surface area contributed by atoms with Crippen LogP contribution in [0.1, 0.15) is 91.5 Å². The van der Waals surface area contributed by atoms with Crippen LogP contribution in [-0.4, -0.2) is 81.1 Å². The van der Waals surface area contributed by atoms with Gasteiger partial charge in [-0.3, -0.25) is 9.69 Å². The van der Waals surface area contributed by atoms with Crippen LogP contribution in [0.3, 0.4) is 0 Å². The van der Waals surface area contributed by atoms with Crippen LogP contribution in [0.4, 0.5) is 16.6 Å². The van der Waals surface area contributed by atoms with Gasteiger partial charge in [-0.05, 0) is 89.4 Å². The van der Waals surface area contributed by atoms with Gasteiger partial charge >= 0.3 is 6.09 Å². The molecule has 4 aliphatic rings. The lowest BCUT2D eigenvalue weighted by atomic mass is 10.0. The Balaban J connectivity index is 1.00. The largest absolute Gasteiger partial charge is 0.487 e. The molecule has 4 heterocycles. The molecular weight excluding hydrogens is 588 g/mol. The molecule has 1 N–H and O–H groups in total. The summed E-state index contributed by atoms with van der Waals surface area (Å²) in [6.07, 6.45) is 9.49. The Morgan fingerprint density at radius 2 is 1.84 bits per heavy atom. The molecule has 0 unspecified atom stereocenters. The number of anilines is 2. The molecular formula is C34H48N6O4S. The van der Waals surface area contributed by atoms with Gasteiger partial charge in [0.05, 0.1) is 18.5 Å². The number of piperidine rings is 1. The van der Waals surface area contributed by atoms with E-state index in [4.69, 9.17) is 19.4 Å². The third kappa shape index (κ3) is 7.04. The van der Waals surface area contributed by atoms with Gasteiger partial charge in [0.25, 0.3) is 0 Å². The quantitative estimate of drug-likeness (QED) is 0.281. The van der Waals surface area contributed by atoms with Crippen molar-refractivity contribution in [2.75, 3.05) is 36.4 Å². The molecule has 2 aromatic rings. The van der Waals surface area contributed by atoms with Crippen molar-refractivity contribution in [1.82, 2.24) is 19.2 Å². The average Bonchev–Trinajstić information content (AvgIpc) is 3.73. The minimum Gasteiger partial charge on any atom is -0.487 e. The number of likely N-dealkylation sites (tertiary alicyclic amines) is 1. The number of nitrogens with one attached hydrogen (secondary N) is 1. The summed E-state index contributed by atoms with van der Waals surface area (Å²) >= 11 is 1.75. The highest BCUT2D eigenvalue weighted by atomic mass is 32.2. The van der Waals surface area contributed by atoms with Crippen molar-refractivity contribution in [3.05, 3.63) is 36.0 Å². The first-order valence-electron chi connectivity index (χ1n) is 16.7. The van der Waals surface area contributed by atoms with E-state index in [-0.39, 0.29) is 35.6 Å². The van der Waals surface area contributed by atoms with Gasteiger partial charge in [-0.1, -0.05) is 32.8 Å². The van der Waals surface area contributed by atoms with Crippen LogP contribution in [0.2, 0.25) is 0 Å². The number of rotatable bonds is 11. The predicted octanol–water partition coefficient (Wildman–Crippen LogP) is 6.41. The summed E-state index contributed by atoms with van der Waals surface area (Å²) in [6.45, 7) is 13.0. The smallest absolute Gasteiger partial charge is 0.410 e. The second kappa shape index (κ2) is 13.0. The first-order chi connectivity index (χ1) is 21.6. The van der Waals surface area contributed by atoms with Gasteiger partial charge < -0.3 is 19.7 Å². The number of hydrogen-bond acceptors (Lipinski definition) is 9. The van der Waals surface area contributed by atoms with Gasteiger partial charge in [0.1, 0.15) is 23.3 Å². The third-order valence-corrected chi connectivity index (χ3v) is 10.2. The first-order valence-corrected chi connectivity index (χ1v) is 17.5. The van der Waals surface area contributed by atoms with Crippen LogP contribution >= 0.6 is 11.9 Å². The number of fused-ring (bicyclic) bond motifs is 2. The number of nitrogens with zero attached hydrogens (tertiary/aromatic N) is 5. The van der Waals surface area contributed by atoms with E-state index in [1.807, 2.05) is 44.0 Å². The molecule has 1 spiro atoms. The molecule has 1 saturated carbocycles. The topological polar surface area (TPSA) is 100 Å². The zero-order valence-electron chi connectivity index (χ0n) is 27.4. The van der Waals surface area contributed by atoms with Crippen LogP contribution in [-0.2, 0) is 14.9 Å². The van der Waals surface area contributed by atoms with Crippen molar-refractivity contribution in [2.45, 2.75) is 120 Å². The number of carbonyl (C=O) groups excluding carboxylic acids is 2. The van der Waals surface area contributed by atoms with Gasteiger partial charge in [0.15, 0.2) is 0 Å². The van der Waals surface area contributed by atoms with Crippen molar-refractivity contribution in [3.8, 4) is 5.75 Å². The van der Waals surface area contributed by atoms with E-state index in [1.165, 1.54) is 0 Å². The molecule has 6 rings (SSSR count). The van der Waals surface area contributed by atoms with Crippen LogP contribution in [0.5, 0.6) is 5.75 Å². The molecule has 0 atom stereocenters. The number of aromatic nitrogens is 2. The van der Waals surface area contributed by atoms with E-state index in [0.29, 0.717) is 19.0 Å². The molecule has 1 aromatic carbocycles. The SMILES string of the molecule is CCCC(CCC)N1C(=O)C2(CC2)c2cnc(NC3CCN(Sc4cccc(OC5CN(C(=O)OC(C)(C)C)C5)c4)CC3)nc21. The number of hydrogen-bond donors (Lipinski definition) is 1. The van der Waals surface area contributed by atoms with Crippen molar-refractivity contribution >= 4 is 35.7 Å². The first kappa shape index (κ1) is 31.9. The molecule has 45 heavy (non-hydrogen) atoms. The lowest BCUT2D eigenvalue weighted by Crippen LogP contribution is -2.57. The summed E-state index contributed by atoms with van der Waals surface area (Å²) in [4.78, 5) is 40.3. The van der Waals surface area contributed by atoms with Crippen molar-refractivity contribution in [2.24, 2.45) is 0 Å². The fraction of sp³-hybridized carbons (Fsp3) is 0.647. The molecule has 10 nitrogen and oxygen atoms in total. The highest BCUT2D eigenvalue weighted by Gasteiger charge is 2.61. The highest BCUT2D eigenvalue weighted by molar-refractivity contribution is 7.97. The minimum atomic E-state index is -0.496. The fourth-order valence-electron chi connectivity index (χ4n) is 6.63. The zero-order chi connectivity index (χ0) is 31.8. The molecule has 11 heteroatoms. The van der Waals surface area contributed by atoms with Gasteiger partial charge in [-0.15, -0.1) is 0 Å². The van der Waals surface area contributed by atoms with Gasteiger partial charge in [0.2, 0.25) is 11.9 Å². The molecule has 2 amide bonds. The van der Waals surface area contributed by atoms with E-state index in [1.54, 1.807) is 16.8 Å². The van der Waals surface area contributed by atoms with Crippen molar-refractivity contribution in [3.63, 3.8) is 0 Å². The Morgan fingerprint density at radius 3 is 2.49 bits per heavy atom. The maximum absolute atomic E-state index is 13.6. The molecule has 2 saturated heterocycles. The molecule has 3 fully saturated rings. The van der Waals surface area contributed by atoms with Crippen LogP contribution < -0.4 is 15.0 Å². The maximum Gasteiger partial charge on any atom is 0.410 e. The van der Waals surface area contributed by atoms with Crippen LogP contribution in [0, 0.1) is 0 Å². The summed E-state index contributed by atoms with van der Waals surface area (Å²) < 4.78 is 14.0. The molecule has 1 aromatic heterocycles. The third-order valence-electron chi connectivity index (χ3n) is 9.13. The zero-order valence-corrected chi connectivity index (χ0v) is 28.2. The Hall–Kier alpha value is -3.05. The molecule has 3 aliphatic heterocycles. The van der Waals surface area contributed by atoms with E-state index in [9.17, 15) is 9.59 Å². The second-order valence-corrected chi connectivity index (χ2v) is 15.1. The standard InChI is InChI=1S/C34H48N6O4S/c1-6-9-24(10-7-2)40-29-28(34(15-16-34)30(40)41)20-35-31(37-29)36-23-13-17-39(18-14-23)45-27-12-8-11-25(19-27)43-26-21-38(22-26)32(42)44-33(3,4)5/h8,11-12,19-20,23-24,26H,6-7,9-10,13-18,21-22H2,1-5H3,(H,35,36,37). The Morgan fingerprint density at radius 1 is 1.13 bits per heavy atom. The highest BCUT2D eigenvalue weighted by Crippen LogP contribution is 2.57. The normalized spacial score (nSPS) is 20.0. The van der Waals surface area contributed by atoms with Gasteiger partial charge in [-0.25, -0.2) is 14.1 Å². The lowest BCUT2D eigenvalue weighted by Gasteiger charge is -2.39. The number of ether oxygens (including phenoxy) is 2. The summed E-state index contributed by atoms with van der Waals surface area (Å²) in [5.74, 6) is 2.54. The van der Waals surface area contributed by atoms with Crippen molar-refractivity contribution < 1.29 is 19.1 Å². The second-order valence-electron chi connectivity index (χ2n) is 14.0. The predicted molar refractivity (Wildman–Crippen MR) is 177 cm³/mol. The molecule has 1 aliphatic carbocycles. The summed E-state index contributed by atoms with van der Waals surface area (Å²) in [6, 6.07) is 8.67. The monoisotopic (exact) mass is 636 g/mol. The maximum atomic E-state index is 13.6. The molecule has 0 radical (unpaired) electrons. The summed E-state index contributed by atoms with van der Waals surface area (Å²) in [7, 11) is 0. The average molecular weight is 637 g/mol. The molecule has 0 bridgehead atoms. The summed E-state index contributed by atoms with van der Waals surface area (Å²) in [5.41, 5.74) is 0.172. The van der Waals surface area contributed by atoms with E-state index in [0.717, 1.165) is 86.5 Å². The fourth-order valence-corrected chi connectivity index (χ4v) is 7.63. The van der Waals surface area contributed by atoms with Crippen molar-refractivity contribution in [1.29, 1.82) is 0 Å². The Labute approximate surface area is 271 Å². The van der Waals surface area contributed by atoms with Gasteiger partial charge in [0, 0.05) is 41.8 Å². The Bertz CT molecular complexity index is 1370. The van der Waals surface area contributed by atoms with E-state index >= 15 is 0 Å². The number of benzene rings is 1. The Kier molecular flexibility index (Phi) is 9.21. The van der Waals surface area contributed by atoms with E-state index < -0.39 is 5.60 Å². The molecule has 244 valence electrons. The van der Waals surface area contributed by atoms with E-state index in [2.05, 4.69) is 35.6 Å². The number of amides is 2. The van der Waals surface area contributed by atoms with Crippen LogP contribution in [0.15, 0.2) is 35.4 Å². The number of carbonyl (C=O) groups is 2.